The summed E-state index contributed by atoms with van der Waals surface area (Å²) in [6, 6.07) is 0. The molecule has 4 aliphatic carbocycles. The molecule has 3 nitrogen and oxygen atoms in total. The molecule has 0 aliphatic heterocycles. The monoisotopic (exact) mass is 288 g/mol. The molecule has 0 aromatic rings. The molecule has 21 heavy (non-hydrogen) atoms. The number of rotatable bonds is 1. The molecule has 4 rings (SSSR count). The third-order valence-electron chi connectivity index (χ3n) is 7.39. The van der Waals surface area contributed by atoms with Gasteiger partial charge in [-0.2, -0.15) is 0 Å². The Morgan fingerprint density at radius 1 is 1.29 bits per heavy atom. The predicted molar refractivity (Wildman–Crippen MR) is 78.4 cm³/mol. The largest absolute Gasteiger partial charge is 0.501 e. The van der Waals surface area contributed by atoms with Crippen molar-refractivity contribution < 1.29 is 14.3 Å². The van der Waals surface area contributed by atoms with Gasteiger partial charge in [-0.15, -0.1) is 0 Å². The second-order valence-corrected chi connectivity index (χ2v) is 7.90. The van der Waals surface area contributed by atoms with Gasteiger partial charge in [0.1, 0.15) is 5.78 Å². The molecule has 0 saturated heterocycles. The van der Waals surface area contributed by atoms with Gasteiger partial charge in [-0.3, -0.25) is 9.59 Å². The van der Waals surface area contributed by atoms with Crippen molar-refractivity contribution in [2.24, 2.45) is 28.6 Å². The lowest BCUT2D eigenvalue weighted by molar-refractivity contribution is -0.147. The van der Waals surface area contributed by atoms with Crippen molar-refractivity contribution in [2.75, 3.05) is 7.11 Å². The van der Waals surface area contributed by atoms with Crippen LogP contribution in [0.2, 0.25) is 0 Å². The summed E-state index contributed by atoms with van der Waals surface area (Å²) in [4.78, 5) is 24.7. The van der Waals surface area contributed by atoms with Crippen LogP contribution >= 0.6 is 0 Å². The van der Waals surface area contributed by atoms with E-state index in [0.29, 0.717) is 11.7 Å². The molecule has 0 aromatic carbocycles. The zero-order valence-corrected chi connectivity index (χ0v) is 13.0. The molecule has 0 N–H and O–H groups in total. The van der Waals surface area contributed by atoms with Crippen LogP contribution in [0.25, 0.3) is 0 Å². The number of fused-ring (bicyclic) bond motifs is 2. The fourth-order valence-electron chi connectivity index (χ4n) is 6.33. The summed E-state index contributed by atoms with van der Waals surface area (Å²) in [5.74, 6) is 2.62. The summed E-state index contributed by atoms with van der Waals surface area (Å²) in [5.41, 5.74) is 0.185. The van der Waals surface area contributed by atoms with Crippen LogP contribution in [0.1, 0.15) is 51.9 Å². The molecule has 2 bridgehead atoms. The van der Waals surface area contributed by atoms with E-state index >= 15 is 0 Å². The normalized spacial score (nSPS) is 48.5. The van der Waals surface area contributed by atoms with E-state index in [4.69, 9.17) is 4.74 Å². The van der Waals surface area contributed by atoms with Crippen LogP contribution in [0, 0.1) is 28.6 Å². The number of ketones is 2. The molecule has 3 fully saturated rings. The number of methoxy groups -OCH3 is 1. The minimum Gasteiger partial charge on any atom is -0.501 e. The van der Waals surface area contributed by atoms with Crippen molar-refractivity contribution in [3.05, 3.63) is 11.8 Å². The Labute approximate surface area is 126 Å². The maximum atomic E-state index is 12.6. The lowest BCUT2D eigenvalue weighted by Gasteiger charge is -2.59. The fourth-order valence-corrected chi connectivity index (χ4v) is 6.33. The van der Waals surface area contributed by atoms with Gasteiger partial charge in [-0.25, -0.2) is 0 Å². The molecule has 3 heteroatoms. The van der Waals surface area contributed by atoms with E-state index < -0.39 is 0 Å². The standard InChI is InChI=1S/C18H24O3/c1-17-10-13(21-2)8-16(20)14(17)4-3-12-7-11-9-18(12,17)6-5-15(11)19/h8,11-12,14H,3-7,9-10H2,1-2H3/t11-,12-,14-,17-,18+/m0/s1. The first kappa shape index (κ1) is 13.5. The van der Waals surface area contributed by atoms with Gasteiger partial charge >= 0.3 is 0 Å². The first-order chi connectivity index (χ1) is 10.00. The van der Waals surface area contributed by atoms with Crippen LogP contribution in [0.4, 0.5) is 0 Å². The molecule has 0 heterocycles. The minimum atomic E-state index is -0.0114. The molecule has 4 aliphatic rings. The number of hydrogen-bond acceptors (Lipinski definition) is 3. The molecular formula is C18H24O3. The first-order valence-electron chi connectivity index (χ1n) is 8.31. The molecule has 3 saturated carbocycles. The smallest absolute Gasteiger partial charge is 0.162 e. The van der Waals surface area contributed by atoms with Gasteiger partial charge in [0.15, 0.2) is 5.78 Å². The van der Waals surface area contributed by atoms with Crippen molar-refractivity contribution in [1.82, 2.24) is 0 Å². The Morgan fingerprint density at radius 2 is 2.10 bits per heavy atom. The Morgan fingerprint density at radius 3 is 2.86 bits per heavy atom. The summed E-state index contributed by atoms with van der Waals surface area (Å²) in [5, 5.41) is 0. The highest BCUT2D eigenvalue weighted by Gasteiger charge is 2.66. The second kappa shape index (κ2) is 4.21. The SMILES string of the molecule is COC1=CC(=O)[C@@H]2CC[C@H]3C[C@H]4C[C@@]3(CCC4=O)[C@@]2(C)C1. The molecule has 0 aromatic heterocycles. The zero-order valence-electron chi connectivity index (χ0n) is 13.0. The Balaban J connectivity index is 1.80. The fraction of sp³-hybridized carbons (Fsp3) is 0.778. The van der Waals surface area contributed by atoms with Crippen molar-refractivity contribution in [3.63, 3.8) is 0 Å². The molecule has 5 atom stereocenters. The number of allylic oxidation sites excluding steroid dienone is 2. The predicted octanol–water partition coefficient (Wildman–Crippen LogP) is 3.28. The van der Waals surface area contributed by atoms with Crippen LogP contribution in [0.15, 0.2) is 11.8 Å². The van der Waals surface area contributed by atoms with Gasteiger partial charge in [0.2, 0.25) is 0 Å². The minimum absolute atomic E-state index is 0.0114. The maximum absolute atomic E-state index is 12.6. The summed E-state index contributed by atoms with van der Waals surface area (Å²) >= 11 is 0. The topological polar surface area (TPSA) is 43.4 Å². The average molecular weight is 288 g/mol. The molecule has 1 spiro atoms. The van der Waals surface area contributed by atoms with Gasteiger partial charge < -0.3 is 4.74 Å². The van der Waals surface area contributed by atoms with E-state index in [2.05, 4.69) is 6.92 Å². The Hall–Kier alpha value is -1.12. The Kier molecular flexibility index (Phi) is 2.71. The van der Waals surface area contributed by atoms with Crippen LogP contribution in [-0.4, -0.2) is 18.7 Å². The first-order valence-corrected chi connectivity index (χ1v) is 8.31. The summed E-state index contributed by atoms with van der Waals surface area (Å²) in [6.45, 7) is 2.31. The van der Waals surface area contributed by atoms with Crippen molar-refractivity contribution in [3.8, 4) is 0 Å². The molecular weight excluding hydrogens is 264 g/mol. The molecule has 0 unspecified atom stereocenters. The van der Waals surface area contributed by atoms with E-state index in [1.807, 2.05) is 0 Å². The maximum Gasteiger partial charge on any atom is 0.162 e. The lowest BCUT2D eigenvalue weighted by Crippen LogP contribution is -2.55. The van der Waals surface area contributed by atoms with Crippen LogP contribution in [0.5, 0.6) is 0 Å². The molecule has 0 radical (unpaired) electrons. The van der Waals surface area contributed by atoms with Gasteiger partial charge in [-0.05, 0) is 48.9 Å². The van der Waals surface area contributed by atoms with E-state index in [1.54, 1.807) is 13.2 Å². The quantitative estimate of drug-likeness (QED) is 0.743. The number of carbonyl (C=O) groups excluding carboxylic acids is 2. The van der Waals surface area contributed by atoms with Gasteiger partial charge in [0.25, 0.3) is 0 Å². The number of carbonyl (C=O) groups is 2. The van der Waals surface area contributed by atoms with Crippen molar-refractivity contribution >= 4 is 11.6 Å². The lowest BCUT2D eigenvalue weighted by atomic mass is 9.44. The zero-order chi connectivity index (χ0) is 14.8. The third-order valence-corrected chi connectivity index (χ3v) is 7.39. The number of Topliss-reactive ketones (excluding diaryl/α,β-unsaturated/α-hetero) is 1. The number of ether oxygens (including phenoxy) is 1. The summed E-state index contributed by atoms with van der Waals surface area (Å²) < 4.78 is 5.45. The van der Waals surface area contributed by atoms with Crippen LogP contribution in [0.3, 0.4) is 0 Å². The van der Waals surface area contributed by atoms with E-state index in [0.717, 1.165) is 50.7 Å². The van der Waals surface area contributed by atoms with Gasteiger partial charge in [0, 0.05) is 30.8 Å². The second-order valence-electron chi connectivity index (χ2n) is 7.90. The van der Waals surface area contributed by atoms with Crippen molar-refractivity contribution in [1.29, 1.82) is 0 Å². The third kappa shape index (κ3) is 1.55. The van der Waals surface area contributed by atoms with Crippen molar-refractivity contribution in [2.45, 2.75) is 51.9 Å². The highest BCUT2D eigenvalue weighted by atomic mass is 16.5. The molecule has 0 amide bonds. The van der Waals surface area contributed by atoms with Crippen LogP contribution in [-0.2, 0) is 14.3 Å². The number of hydrogen-bond donors (Lipinski definition) is 0. The van der Waals surface area contributed by atoms with E-state index in [9.17, 15) is 9.59 Å². The highest BCUT2D eigenvalue weighted by Crippen LogP contribution is 2.71. The Bertz CT molecular complexity index is 549. The van der Waals surface area contributed by atoms with E-state index in [-0.39, 0.29) is 28.4 Å². The summed E-state index contributed by atoms with van der Waals surface area (Å²) in [6.07, 6.45) is 8.53. The van der Waals surface area contributed by atoms with Gasteiger partial charge in [-0.1, -0.05) is 6.92 Å². The highest BCUT2D eigenvalue weighted by molar-refractivity contribution is 5.94. The van der Waals surface area contributed by atoms with E-state index in [1.165, 1.54) is 0 Å². The summed E-state index contributed by atoms with van der Waals surface area (Å²) in [7, 11) is 1.67. The van der Waals surface area contributed by atoms with Gasteiger partial charge in [0.05, 0.1) is 12.9 Å². The molecule has 114 valence electrons. The van der Waals surface area contributed by atoms with Crippen LogP contribution < -0.4 is 0 Å². The average Bonchev–Trinajstić information content (AvgIpc) is 2.79.